The lowest BCUT2D eigenvalue weighted by atomic mass is 9.51. The molecule has 120 valence electrons. The Kier molecular flexibility index (Phi) is 4.85. The summed E-state index contributed by atoms with van der Waals surface area (Å²) in [7, 11) is 0. The molecule has 4 nitrogen and oxygen atoms in total. The number of carbonyl (C=O) groups excluding carboxylic acids is 1. The molecule has 21 heavy (non-hydrogen) atoms. The second kappa shape index (κ2) is 6.66. The Labute approximate surface area is 128 Å². The van der Waals surface area contributed by atoms with Crippen molar-refractivity contribution in [2.45, 2.75) is 70.4 Å². The average Bonchev–Trinajstić information content (AvgIpc) is 2.43. The van der Waals surface area contributed by atoms with Gasteiger partial charge in [0.1, 0.15) is 0 Å². The van der Waals surface area contributed by atoms with Crippen LogP contribution in [0.15, 0.2) is 0 Å². The molecule has 3 rings (SSSR count). The Morgan fingerprint density at radius 1 is 1.33 bits per heavy atom. The summed E-state index contributed by atoms with van der Waals surface area (Å²) >= 11 is 0. The van der Waals surface area contributed by atoms with Crippen LogP contribution in [-0.2, 0) is 9.53 Å². The van der Waals surface area contributed by atoms with E-state index in [1.165, 1.54) is 32.1 Å². The Hall–Kier alpha value is -0.610. The zero-order valence-electron chi connectivity index (χ0n) is 13.3. The monoisotopic (exact) mass is 294 g/mol. The molecule has 1 aliphatic heterocycles. The van der Waals surface area contributed by atoms with Crippen molar-refractivity contribution in [1.29, 1.82) is 0 Å². The van der Waals surface area contributed by atoms with Gasteiger partial charge in [0.05, 0.1) is 6.10 Å². The van der Waals surface area contributed by atoms with Gasteiger partial charge in [-0.05, 0) is 64.5 Å². The van der Waals surface area contributed by atoms with Gasteiger partial charge in [-0.3, -0.25) is 4.79 Å². The minimum atomic E-state index is 0.264. The van der Waals surface area contributed by atoms with E-state index in [0.29, 0.717) is 24.0 Å². The van der Waals surface area contributed by atoms with E-state index in [4.69, 9.17) is 4.74 Å². The molecule has 2 aliphatic carbocycles. The quantitative estimate of drug-likeness (QED) is 0.790. The fourth-order valence-corrected chi connectivity index (χ4v) is 4.41. The van der Waals surface area contributed by atoms with E-state index in [-0.39, 0.29) is 5.91 Å². The lowest BCUT2D eigenvalue weighted by Crippen LogP contribution is -2.67. The summed E-state index contributed by atoms with van der Waals surface area (Å²) in [4.78, 5) is 12.2. The van der Waals surface area contributed by atoms with Gasteiger partial charge in [0, 0.05) is 24.5 Å². The van der Waals surface area contributed by atoms with Crippen LogP contribution in [0, 0.1) is 11.3 Å². The molecule has 0 bridgehead atoms. The molecule has 2 N–H and O–H groups in total. The van der Waals surface area contributed by atoms with Gasteiger partial charge >= 0.3 is 0 Å². The summed E-state index contributed by atoms with van der Waals surface area (Å²) in [5.41, 5.74) is 0.292. The fraction of sp³-hybridized carbons (Fsp3) is 0.941. The van der Waals surface area contributed by atoms with Crippen LogP contribution in [0.25, 0.3) is 0 Å². The number of amides is 1. The van der Waals surface area contributed by atoms with Crippen LogP contribution in [0.1, 0.15) is 58.3 Å². The molecule has 1 heterocycles. The van der Waals surface area contributed by atoms with Crippen molar-refractivity contribution in [2.75, 3.05) is 19.7 Å². The predicted octanol–water partition coefficient (Wildman–Crippen LogP) is 2.23. The highest BCUT2D eigenvalue weighted by molar-refractivity contribution is 5.76. The second-order valence-electron chi connectivity index (χ2n) is 7.12. The number of hydrogen-bond acceptors (Lipinski definition) is 3. The van der Waals surface area contributed by atoms with E-state index in [9.17, 15) is 4.79 Å². The summed E-state index contributed by atoms with van der Waals surface area (Å²) in [5.74, 6) is 1.01. The zero-order valence-corrected chi connectivity index (χ0v) is 13.3. The lowest BCUT2D eigenvalue weighted by molar-refractivity contribution is -0.175. The van der Waals surface area contributed by atoms with Crippen LogP contribution in [0.3, 0.4) is 0 Å². The van der Waals surface area contributed by atoms with Crippen molar-refractivity contribution in [3.05, 3.63) is 0 Å². The molecule has 0 aromatic heterocycles. The zero-order chi connectivity index (χ0) is 14.7. The fourth-order valence-electron chi connectivity index (χ4n) is 4.41. The highest BCUT2D eigenvalue weighted by Crippen LogP contribution is 2.57. The van der Waals surface area contributed by atoms with Crippen LogP contribution in [-0.4, -0.2) is 37.7 Å². The maximum atomic E-state index is 12.2. The van der Waals surface area contributed by atoms with Gasteiger partial charge < -0.3 is 15.4 Å². The molecule has 2 saturated carbocycles. The smallest absolute Gasteiger partial charge is 0.220 e. The van der Waals surface area contributed by atoms with Gasteiger partial charge in [-0.15, -0.1) is 0 Å². The molecular weight excluding hydrogens is 264 g/mol. The van der Waals surface area contributed by atoms with Gasteiger partial charge in [-0.1, -0.05) is 6.42 Å². The maximum Gasteiger partial charge on any atom is 0.220 e. The van der Waals surface area contributed by atoms with Crippen molar-refractivity contribution in [3.63, 3.8) is 0 Å². The molecule has 4 heteroatoms. The second-order valence-corrected chi connectivity index (χ2v) is 7.12. The molecule has 2 atom stereocenters. The molecule has 0 radical (unpaired) electrons. The molecule has 0 aromatic rings. The first-order chi connectivity index (χ1) is 10.2. The third-order valence-corrected chi connectivity index (χ3v) is 6.01. The highest BCUT2D eigenvalue weighted by Gasteiger charge is 2.59. The first kappa shape index (κ1) is 15.3. The van der Waals surface area contributed by atoms with Crippen LogP contribution in [0.4, 0.5) is 0 Å². The number of rotatable bonds is 6. The van der Waals surface area contributed by atoms with Crippen LogP contribution in [0.5, 0.6) is 0 Å². The van der Waals surface area contributed by atoms with Gasteiger partial charge in [0.15, 0.2) is 0 Å². The Balaban J connectivity index is 1.41. The molecule has 3 aliphatic rings. The third-order valence-electron chi connectivity index (χ3n) is 6.01. The number of hydrogen-bond donors (Lipinski definition) is 2. The molecule has 0 aromatic carbocycles. The summed E-state index contributed by atoms with van der Waals surface area (Å²) in [6.07, 6.45) is 9.40. The molecule has 2 unspecified atom stereocenters. The molecule has 1 saturated heterocycles. The maximum absolute atomic E-state index is 12.2. The lowest BCUT2D eigenvalue weighted by Gasteiger charge is -2.61. The minimum absolute atomic E-state index is 0.264. The molecule has 3 fully saturated rings. The largest absolute Gasteiger partial charge is 0.378 e. The predicted molar refractivity (Wildman–Crippen MR) is 83.1 cm³/mol. The third kappa shape index (κ3) is 3.11. The van der Waals surface area contributed by atoms with Crippen molar-refractivity contribution in [3.8, 4) is 0 Å². The van der Waals surface area contributed by atoms with Gasteiger partial charge in [-0.25, -0.2) is 0 Å². The minimum Gasteiger partial charge on any atom is -0.378 e. The summed E-state index contributed by atoms with van der Waals surface area (Å²) < 4.78 is 5.84. The topological polar surface area (TPSA) is 50.4 Å². The van der Waals surface area contributed by atoms with Gasteiger partial charge in [0.25, 0.3) is 0 Å². The van der Waals surface area contributed by atoms with Crippen molar-refractivity contribution in [2.24, 2.45) is 11.3 Å². The Morgan fingerprint density at radius 3 is 2.71 bits per heavy atom. The normalized spacial score (nSPS) is 31.5. The van der Waals surface area contributed by atoms with E-state index < -0.39 is 0 Å². The van der Waals surface area contributed by atoms with E-state index in [1.807, 2.05) is 0 Å². The summed E-state index contributed by atoms with van der Waals surface area (Å²) in [6.45, 7) is 5.10. The first-order valence-electron chi connectivity index (χ1n) is 8.86. The van der Waals surface area contributed by atoms with Crippen LogP contribution >= 0.6 is 0 Å². The SMILES string of the molecule is CCOC1CC(NC(=O)CCC2CCNCC2)C12CCC2. The number of piperidine rings is 1. The van der Waals surface area contributed by atoms with Crippen molar-refractivity contribution in [1.82, 2.24) is 10.6 Å². The van der Waals surface area contributed by atoms with Crippen molar-refractivity contribution >= 4 is 5.91 Å². The van der Waals surface area contributed by atoms with Crippen molar-refractivity contribution < 1.29 is 9.53 Å². The number of carbonyl (C=O) groups is 1. The van der Waals surface area contributed by atoms with Crippen LogP contribution in [0.2, 0.25) is 0 Å². The molecular formula is C17H30N2O2. The van der Waals surface area contributed by atoms with E-state index in [1.54, 1.807) is 0 Å². The number of ether oxygens (including phenoxy) is 1. The number of nitrogens with one attached hydrogen (secondary N) is 2. The molecule has 1 spiro atoms. The van der Waals surface area contributed by atoms with Crippen LogP contribution < -0.4 is 10.6 Å². The van der Waals surface area contributed by atoms with E-state index >= 15 is 0 Å². The Morgan fingerprint density at radius 2 is 2.10 bits per heavy atom. The summed E-state index contributed by atoms with van der Waals surface area (Å²) in [5, 5.41) is 6.68. The summed E-state index contributed by atoms with van der Waals surface area (Å²) in [6, 6.07) is 0.378. The van der Waals surface area contributed by atoms with Gasteiger partial charge in [0.2, 0.25) is 5.91 Å². The van der Waals surface area contributed by atoms with Gasteiger partial charge in [-0.2, -0.15) is 0 Å². The highest BCUT2D eigenvalue weighted by atomic mass is 16.5. The first-order valence-corrected chi connectivity index (χ1v) is 8.86. The standard InChI is InChI=1S/C17H30N2O2/c1-2-21-15-12-14(17(15)8-3-9-17)19-16(20)5-4-13-6-10-18-11-7-13/h13-15,18H,2-12H2,1H3,(H,19,20). The molecule has 1 amide bonds. The average molecular weight is 294 g/mol. The van der Waals surface area contributed by atoms with E-state index in [2.05, 4.69) is 17.6 Å². The van der Waals surface area contributed by atoms with E-state index in [0.717, 1.165) is 38.5 Å². The Bertz CT molecular complexity index is 362.